The van der Waals surface area contributed by atoms with Crippen molar-refractivity contribution in [3.05, 3.63) is 124 Å². The number of carbonyl (C=O) groups is 6. The molecule has 3 aliphatic rings. The number of alkyl halides is 3. The van der Waals surface area contributed by atoms with Gasteiger partial charge >= 0.3 is 6.18 Å². The number of aryl methyl sites for hydroxylation is 1. The summed E-state index contributed by atoms with van der Waals surface area (Å²) in [6.07, 6.45) is 3.11. The van der Waals surface area contributed by atoms with E-state index in [0.29, 0.717) is 68.2 Å². The zero-order valence-electron chi connectivity index (χ0n) is 36.7. The minimum atomic E-state index is -4.67. The first-order valence-corrected chi connectivity index (χ1v) is 22.3. The summed E-state index contributed by atoms with van der Waals surface area (Å²) >= 11 is 0. The van der Waals surface area contributed by atoms with Crippen molar-refractivity contribution in [2.75, 3.05) is 43.4 Å². The van der Waals surface area contributed by atoms with Crippen LogP contribution in [0.15, 0.2) is 79.1 Å². The van der Waals surface area contributed by atoms with Gasteiger partial charge in [0.15, 0.2) is 5.65 Å². The summed E-state index contributed by atoms with van der Waals surface area (Å²) in [5, 5.41) is 12.3. The van der Waals surface area contributed by atoms with Gasteiger partial charge in [-0.3, -0.25) is 43.9 Å². The molecule has 5 aromatic rings. The Labute approximate surface area is 384 Å². The molecule has 0 radical (unpaired) electrons. The van der Waals surface area contributed by atoms with Crippen LogP contribution in [0, 0.1) is 18.8 Å². The summed E-state index contributed by atoms with van der Waals surface area (Å²) < 4.78 is 44.8. The average Bonchev–Trinajstić information content (AvgIpc) is 3.84. The molecule has 346 valence electrons. The number of piperidine rings is 1. The van der Waals surface area contributed by atoms with Crippen LogP contribution < -0.4 is 16.0 Å². The maximum absolute atomic E-state index is 14.4. The number of halogens is 3. The van der Waals surface area contributed by atoms with Gasteiger partial charge in [0.1, 0.15) is 11.7 Å². The van der Waals surface area contributed by atoms with Gasteiger partial charge in [-0.25, -0.2) is 9.50 Å². The van der Waals surface area contributed by atoms with Crippen LogP contribution in [0.4, 0.5) is 24.5 Å². The number of piperazine rings is 1. The van der Waals surface area contributed by atoms with E-state index in [-0.39, 0.29) is 53.2 Å². The number of anilines is 2. The Morgan fingerprint density at radius 1 is 0.881 bits per heavy atom. The molecule has 0 saturated carbocycles. The van der Waals surface area contributed by atoms with E-state index >= 15 is 0 Å². The largest absolute Gasteiger partial charge is 0.416 e. The molecule has 0 bridgehead atoms. The highest BCUT2D eigenvalue weighted by Crippen LogP contribution is 2.35. The third-order valence-electron chi connectivity index (χ3n) is 12.2. The Morgan fingerprint density at radius 2 is 1.67 bits per heavy atom. The first-order valence-electron chi connectivity index (χ1n) is 22.3. The third kappa shape index (κ3) is 10.5. The molecular formula is C49H48F3N9O6. The van der Waals surface area contributed by atoms with Crippen molar-refractivity contribution in [2.45, 2.75) is 77.1 Å². The molecule has 0 spiro atoms. The van der Waals surface area contributed by atoms with Crippen molar-refractivity contribution >= 4 is 52.5 Å². The number of carbonyl (C=O) groups excluding carboxylic acids is 6. The fourth-order valence-corrected chi connectivity index (χ4v) is 8.57. The van der Waals surface area contributed by atoms with Crippen LogP contribution in [0.2, 0.25) is 0 Å². The highest BCUT2D eigenvalue weighted by Gasteiger charge is 2.45. The number of hydrogen-bond acceptors (Lipinski definition) is 10. The van der Waals surface area contributed by atoms with E-state index in [9.17, 15) is 41.9 Å². The third-order valence-corrected chi connectivity index (χ3v) is 12.2. The van der Waals surface area contributed by atoms with E-state index in [1.165, 1.54) is 12.1 Å². The van der Waals surface area contributed by atoms with Crippen molar-refractivity contribution in [2.24, 2.45) is 0 Å². The molecule has 2 fully saturated rings. The zero-order chi connectivity index (χ0) is 47.2. The Morgan fingerprint density at radius 3 is 2.46 bits per heavy atom. The number of nitrogens with one attached hydrogen (secondary N) is 3. The smallest absolute Gasteiger partial charge is 0.384 e. The van der Waals surface area contributed by atoms with Gasteiger partial charge in [-0.15, -0.1) is 0 Å². The normalized spacial score (nSPS) is 16.4. The highest BCUT2D eigenvalue weighted by molar-refractivity contribution is 6.25. The number of fused-ring (bicyclic) bond motifs is 2. The lowest BCUT2D eigenvalue weighted by Gasteiger charge is -2.35. The average molecular weight is 916 g/mol. The Hall–Kier alpha value is -7.39. The second-order valence-electron chi connectivity index (χ2n) is 16.8. The van der Waals surface area contributed by atoms with E-state index in [1.807, 2.05) is 11.8 Å². The van der Waals surface area contributed by atoms with Crippen molar-refractivity contribution in [3.8, 4) is 11.8 Å². The van der Waals surface area contributed by atoms with Crippen LogP contribution in [0.3, 0.4) is 0 Å². The fraction of sp³-hybridized carbons (Fsp3) is 0.347. The molecule has 1 unspecified atom stereocenters. The Bertz CT molecular complexity index is 2820. The molecule has 67 heavy (non-hydrogen) atoms. The second kappa shape index (κ2) is 20.0. The zero-order valence-corrected chi connectivity index (χ0v) is 36.7. The van der Waals surface area contributed by atoms with E-state index in [2.05, 4.69) is 37.9 Å². The van der Waals surface area contributed by atoms with Crippen LogP contribution in [0.25, 0.3) is 5.65 Å². The number of hydrogen-bond donors (Lipinski definition) is 3. The van der Waals surface area contributed by atoms with Gasteiger partial charge in [0.2, 0.25) is 17.7 Å². The van der Waals surface area contributed by atoms with Crippen LogP contribution in [-0.2, 0) is 27.1 Å². The summed E-state index contributed by atoms with van der Waals surface area (Å²) in [4.78, 5) is 85.6. The lowest BCUT2D eigenvalue weighted by Crippen LogP contribution is -2.54. The lowest BCUT2D eigenvalue weighted by molar-refractivity contribution is -0.139. The standard InChI is InChI=1S/C49H48F3N9O6/c1-31-13-14-33(27-32(31)16-18-36-29-54-41-11-8-22-55-61(36)41)45(64)56-35-17-15-34(38(28-35)49(50,51)52)30-58-23-25-59(26-24-58)43(63)12-5-3-2-4-6-21-53-39-10-7-9-37-44(39)48(67)60(47(37)66)40-19-20-42(62)57-46(40)65/h7-11,13-15,17,22,27-29,40,53H,2-6,12,19-21,23-26,30H2,1H3,(H,56,64)(H,57,62,65). The molecule has 18 heteroatoms. The predicted molar refractivity (Wildman–Crippen MR) is 241 cm³/mol. The van der Waals surface area contributed by atoms with Gasteiger partial charge in [0, 0.05) is 80.8 Å². The van der Waals surface area contributed by atoms with Gasteiger partial charge in [0.25, 0.3) is 17.7 Å². The topological polar surface area (TPSA) is 178 Å². The van der Waals surface area contributed by atoms with E-state index in [4.69, 9.17) is 0 Å². The summed E-state index contributed by atoms with van der Waals surface area (Å²) in [7, 11) is 0. The Balaban J connectivity index is 0.757. The molecular weight excluding hydrogens is 868 g/mol. The van der Waals surface area contributed by atoms with Crippen LogP contribution >= 0.6 is 0 Å². The second-order valence-corrected chi connectivity index (χ2v) is 16.8. The van der Waals surface area contributed by atoms with Gasteiger partial charge < -0.3 is 15.5 Å². The maximum atomic E-state index is 14.4. The number of imide groups is 2. The predicted octanol–water partition coefficient (Wildman–Crippen LogP) is 6.21. The lowest BCUT2D eigenvalue weighted by atomic mass is 10.0. The number of unbranched alkanes of at least 4 members (excludes halogenated alkanes) is 4. The first kappa shape index (κ1) is 46.2. The molecule has 3 aliphatic heterocycles. The highest BCUT2D eigenvalue weighted by atomic mass is 19.4. The molecule has 5 heterocycles. The molecule has 15 nitrogen and oxygen atoms in total. The minimum absolute atomic E-state index is 0.00580. The van der Waals surface area contributed by atoms with Crippen LogP contribution in [0.1, 0.15) is 110 Å². The van der Waals surface area contributed by atoms with Crippen molar-refractivity contribution in [3.63, 3.8) is 0 Å². The molecule has 2 saturated heterocycles. The van der Waals surface area contributed by atoms with Gasteiger partial charge in [-0.1, -0.05) is 43.4 Å². The molecule has 3 N–H and O–H groups in total. The maximum Gasteiger partial charge on any atom is 0.416 e. The number of nitrogens with zero attached hydrogens (tertiary/aromatic N) is 6. The summed E-state index contributed by atoms with van der Waals surface area (Å²) in [6.45, 7) is 4.06. The molecule has 0 aliphatic carbocycles. The summed E-state index contributed by atoms with van der Waals surface area (Å²) in [5.41, 5.74) is 2.99. The quantitative estimate of drug-likeness (QED) is 0.0660. The van der Waals surface area contributed by atoms with E-state index in [0.717, 1.165) is 42.2 Å². The van der Waals surface area contributed by atoms with Crippen molar-refractivity contribution in [1.29, 1.82) is 0 Å². The van der Waals surface area contributed by atoms with E-state index in [1.54, 1.807) is 70.3 Å². The summed E-state index contributed by atoms with van der Waals surface area (Å²) in [6, 6.07) is 16.2. The van der Waals surface area contributed by atoms with E-state index < -0.39 is 47.3 Å². The molecule has 1 atom stereocenters. The number of benzene rings is 3. The number of aromatic nitrogens is 3. The minimum Gasteiger partial charge on any atom is -0.384 e. The number of rotatable bonds is 14. The van der Waals surface area contributed by atoms with Gasteiger partial charge in [0.05, 0.1) is 22.9 Å². The van der Waals surface area contributed by atoms with Crippen LogP contribution in [0.5, 0.6) is 0 Å². The van der Waals surface area contributed by atoms with Gasteiger partial charge in [-0.05, 0) is 91.8 Å². The summed E-state index contributed by atoms with van der Waals surface area (Å²) in [5.74, 6) is 3.30. The first-order chi connectivity index (χ1) is 32.2. The monoisotopic (exact) mass is 915 g/mol. The molecule has 3 aromatic carbocycles. The molecule has 2 aromatic heterocycles. The Kier molecular flexibility index (Phi) is 13.8. The fourth-order valence-electron chi connectivity index (χ4n) is 8.57. The molecule has 8 rings (SSSR count). The van der Waals surface area contributed by atoms with Crippen molar-refractivity contribution in [1.82, 2.24) is 34.6 Å². The SMILES string of the molecule is Cc1ccc(C(=O)Nc2ccc(CN3CCN(C(=O)CCCCCCCNc4cccc5c4C(=O)N(C4CCC(=O)NC4=O)C5=O)CC3)c(C(F)(F)F)c2)cc1C#Cc1cnc2cccnn12. The number of amides is 6. The molecule has 6 amide bonds. The van der Waals surface area contributed by atoms with Gasteiger partial charge in [-0.2, -0.15) is 18.3 Å². The van der Waals surface area contributed by atoms with Crippen molar-refractivity contribution < 1.29 is 41.9 Å². The van der Waals surface area contributed by atoms with Crippen LogP contribution in [-0.4, -0.2) is 104 Å². The number of imidazole rings is 1.